The van der Waals surface area contributed by atoms with E-state index < -0.39 is 0 Å². The lowest BCUT2D eigenvalue weighted by molar-refractivity contribution is -0.119. The third-order valence-corrected chi connectivity index (χ3v) is 3.97. The van der Waals surface area contributed by atoms with Crippen LogP contribution in [0.1, 0.15) is 0 Å². The molecule has 4 aromatic rings. The molecule has 8 heteroatoms. The average Bonchev–Trinajstić information content (AvgIpc) is 3.31. The van der Waals surface area contributed by atoms with E-state index >= 15 is 0 Å². The highest BCUT2D eigenvalue weighted by atomic mass is 16.5. The highest BCUT2D eigenvalue weighted by molar-refractivity contribution is 5.97. The Balaban J connectivity index is 1.72. The molecular weight excluding hydrogens is 332 g/mol. The van der Waals surface area contributed by atoms with Gasteiger partial charge in [-0.3, -0.25) is 9.89 Å². The average molecular weight is 348 g/mol. The molecule has 3 N–H and O–H groups in total. The van der Waals surface area contributed by atoms with Crippen LogP contribution in [0.15, 0.2) is 48.7 Å². The van der Waals surface area contributed by atoms with E-state index in [0.29, 0.717) is 5.69 Å². The first kappa shape index (κ1) is 16.0. The molecule has 2 aromatic carbocycles. The summed E-state index contributed by atoms with van der Waals surface area (Å²) in [5.74, 6) is -0.204. The second kappa shape index (κ2) is 6.77. The van der Waals surface area contributed by atoms with E-state index in [-0.39, 0.29) is 12.5 Å². The van der Waals surface area contributed by atoms with E-state index in [9.17, 15) is 4.79 Å². The number of hydrogen-bond acceptors (Lipinski definition) is 5. The Hall–Kier alpha value is -3.52. The van der Waals surface area contributed by atoms with Gasteiger partial charge in [-0.25, -0.2) is 0 Å². The molecule has 0 unspecified atom stereocenters. The second-order valence-corrected chi connectivity index (χ2v) is 5.75. The number of rotatable bonds is 5. The first-order valence-electron chi connectivity index (χ1n) is 7.98. The van der Waals surface area contributed by atoms with Gasteiger partial charge in [0.25, 0.3) is 0 Å². The summed E-state index contributed by atoms with van der Waals surface area (Å²) in [5.41, 5.74) is 5.00. The summed E-state index contributed by atoms with van der Waals surface area (Å²) < 4.78 is 4.84. The lowest BCUT2D eigenvalue weighted by Gasteiger charge is -2.06. The van der Waals surface area contributed by atoms with Crippen LogP contribution < -0.4 is 5.32 Å². The normalized spacial score (nSPS) is 11.0. The molecule has 0 atom stereocenters. The van der Waals surface area contributed by atoms with Gasteiger partial charge in [-0.05, 0) is 24.3 Å². The van der Waals surface area contributed by atoms with Crippen molar-refractivity contribution in [1.29, 1.82) is 0 Å². The monoisotopic (exact) mass is 348 g/mol. The summed E-state index contributed by atoms with van der Waals surface area (Å²) in [6.45, 7) is 0.0105. The van der Waals surface area contributed by atoms with Crippen molar-refractivity contribution in [2.24, 2.45) is 0 Å². The van der Waals surface area contributed by atoms with Crippen LogP contribution in [0.2, 0.25) is 0 Å². The molecular formula is C18H16N6O2. The molecule has 0 aliphatic carbocycles. The number of nitrogens with zero attached hydrogens (tertiary/aromatic N) is 3. The van der Waals surface area contributed by atoms with Crippen LogP contribution in [0.25, 0.3) is 33.4 Å². The summed E-state index contributed by atoms with van der Waals surface area (Å²) in [7, 11) is 1.48. The molecule has 0 bridgehead atoms. The topological polar surface area (TPSA) is 109 Å². The van der Waals surface area contributed by atoms with E-state index in [4.69, 9.17) is 4.74 Å². The van der Waals surface area contributed by atoms with E-state index in [1.54, 1.807) is 6.20 Å². The minimum Gasteiger partial charge on any atom is -0.375 e. The first-order chi connectivity index (χ1) is 12.7. The van der Waals surface area contributed by atoms with Crippen molar-refractivity contribution in [3.05, 3.63) is 48.7 Å². The van der Waals surface area contributed by atoms with Gasteiger partial charge in [0, 0.05) is 29.3 Å². The van der Waals surface area contributed by atoms with E-state index in [2.05, 4.69) is 30.9 Å². The largest absolute Gasteiger partial charge is 0.375 e. The Bertz CT molecular complexity index is 1050. The third-order valence-electron chi connectivity index (χ3n) is 3.97. The predicted molar refractivity (Wildman–Crippen MR) is 97.4 cm³/mol. The smallest absolute Gasteiger partial charge is 0.250 e. The van der Waals surface area contributed by atoms with Gasteiger partial charge in [-0.1, -0.05) is 18.2 Å². The summed E-state index contributed by atoms with van der Waals surface area (Å²) in [5, 5.41) is 21.8. The van der Waals surface area contributed by atoms with Gasteiger partial charge in [-0.2, -0.15) is 20.5 Å². The van der Waals surface area contributed by atoms with Crippen LogP contribution in [-0.2, 0) is 9.53 Å². The molecule has 0 aliphatic rings. The molecule has 2 heterocycles. The van der Waals surface area contributed by atoms with Crippen molar-refractivity contribution in [3.8, 4) is 22.5 Å². The molecule has 0 saturated carbocycles. The molecule has 8 nitrogen and oxygen atoms in total. The maximum Gasteiger partial charge on any atom is 0.250 e. The van der Waals surface area contributed by atoms with Gasteiger partial charge in [0.1, 0.15) is 12.3 Å². The van der Waals surface area contributed by atoms with Crippen molar-refractivity contribution in [1.82, 2.24) is 25.6 Å². The number of aromatic nitrogens is 5. The molecule has 0 aliphatic heterocycles. The van der Waals surface area contributed by atoms with E-state index in [0.717, 1.165) is 33.4 Å². The predicted octanol–water partition coefficient (Wildman–Crippen LogP) is 2.60. The summed E-state index contributed by atoms with van der Waals surface area (Å²) in [4.78, 5) is 11.7. The summed E-state index contributed by atoms with van der Waals surface area (Å²) >= 11 is 0. The molecule has 1 amide bonds. The maximum atomic E-state index is 11.7. The molecule has 26 heavy (non-hydrogen) atoms. The van der Waals surface area contributed by atoms with Crippen LogP contribution in [-0.4, -0.2) is 45.2 Å². The number of fused-ring (bicyclic) bond motifs is 1. The van der Waals surface area contributed by atoms with E-state index in [1.807, 2.05) is 42.5 Å². The van der Waals surface area contributed by atoms with Crippen molar-refractivity contribution >= 4 is 22.5 Å². The fraction of sp³-hybridized carbons (Fsp3) is 0.111. The molecule has 2 aromatic heterocycles. The minimum atomic E-state index is -0.204. The van der Waals surface area contributed by atoms with Crippen LogP contribution in [0.3, 0.4) is 0 Å². The Kier molecular flexibility index (Phi) is 4.16. The molecule has 0 fully saturated rings. The van der Waals surface area contributed by atoms with Gasteiger partial charge in [0.05, 0.1) is 17.4 Å². The number of amides is 1. The quantitative estimate of drug-likeness (QED) is 0.514. The lowest BCUT2D eigenvalue weighted by atomic mass is 10.0. The Morgan fingerprint density at radius 2 is 2.08 bits per heavy atom. The van der Waals surface area contributed by atoms with Crippen LogP contribution >= 0.6 is 0 Å². The molecule has 4 rings (SSSR count). The summed E-state index contributed by atoms with van der Waals surface area (Å²) in [6, 6.07) is 13.5. The zero-order valence-electron chi connectivity index (χ0n) is 14.0. The number of carbonyl (C=O) groups excluding carboxylic acids is 1. The molecule has 0 saturated heterocycles. The van der Waals surface area contributed by atoms with Crippen LogP contribution in [0.4, 0.5) is 5.69 Å². The fourth-order valence-electron chi connectivity index (χ4n) is 2.81. The third kappa shape index (κ3) is 3.05. The van der Waals surface area contributed by atoms with E-state index in [1.165, 1.54) is 7.11 Å². The maximum absolute atomic E-state index is 11.7. The van der Waals surface area contributed by atoms with Crippen molar-refractivity contribution < 1.29 is 9.53 Å². The van der Waals surface area contributed by atoms with Gasteiger partial charge in [0.15, 0.2) is 0 Å². The van der Waals surface area contributed by atoms with Gasteiger partial charge < -0.3 is 10.1 Å². The van der Waals surface area contributed by atoms with Crippen molar-refractivity contribution in [2.75, 3.05) is 19.0 Å². The summed E-state index contributed by atoms with van der Waals surface area (Å²) in [6.07, 6.45) is 1.67. The minimum absolute atomic E-state index is 0.0105. The van der Waals surface area contributed by atoms with Gasteiger partial charge in [-0.15, -0.1) is 0 Å². The Morgan fingerprint density at radius 1 is 1.15 bits per heavy atom. The van der Waals surface area contributed by atoms with Gasteiger partial charge >= 0.3 is 0 Å². The number of methoxy groups -OCH3 is 1. The van der Waals surface area contributed by atoms with Crippen molar-refractivity contribution in [3.63, 3.8) is 0 Å². The number of anilines is 1. The number of benzene rings is 2. The SMILES string of the molecule is COCC(=O)Nc1cccc(-c2n[nH]c3ccc(-c4cn[nH]n4)cc23)c1. The second-order valence-electron chi connectivity index (χ2n) is 5.75. The standard InChI is InChI=1S/C18H16N6O2/c1-26-10-17(25)20-13-4-2-3-12(7-13)18-14-8-11(16-9-19-24-22-16)5-6-15(14)21-23-18/h2-9H,10H2,1H3,(H,20,25)(H,21,23)(H,19,22,24). The molecule has 0 spiro atoms. The lowest BCUT2D eigenvalue weighted by Crippen LogP contribution is -2.16. The van der Waals surface area contributed by atoms with Crippen LogP contribution in [0, 0.1) is 0 Å². The van der Waals surface area contributed by atoms with Crippen molar-refractivity contribution in [2.45, 2.75) is 0 Å². The number of carbonyl (C=O) groups is 1. The molecule has 0 radical (unpaired) electrons. The highest BCUT2D eigenvalue weighted by Gasteiger charge is 2.11. The highest BCUT2D eigenvalue weighted by Crippen LogP contribution is 2.30. The Morgan fingerprint density at radius 3 is 2.88 bits per heavy atom. The number of nitrogens with one attached hydrogen (secondary N) is 3. The number of hydrogen-bond donors (Lipinski definition) is 3. The molecule has 130 valence electrons. The number of ether oxygens (including phenoxy) is 1. The fourth-order valence-corrected chi connectivity index (χ4v) is 2.81. The first-order valence-corrected chi connectivity index (χ1v) is 7.98. The Labute approximate surface area is 148 Å². The van der Waals surface area contributed by atoms with Crippen LogP contribution in [0.5, 0.6) is 0 Å². The zero-order chi connectivity index (χ0) is 17.9. The number of H-pyrrole nitrogens is 2. The zero-order valence-corrected chi connectivity index (χ0v) is 14.0. The van der Waals surface area contributed by atoms with Gasteiger partial charge in [0.2, 0.25) is 5.91 Å². The number of aromatic amines is 2.